The number of halogens is 2. The zero-order chi connectivity index (χ0) is 16.7. The second kappa shape index (κ2) is 6.19. The van der Waals surface area contributed by atoms with Crippen molar-refractivity contribution >= 4 is 55.2 Å². The molecule has 118 valence electrons. The van der Waals surface area contributed by atoms with Crippen molar-refractivity contribution in [2.45, 2.75) is 5.92 Å². The summed E-state index contributed by atoms with van der Waals surface area (Å²) in [5, 5.41) is 0. The van der Waals surface area contributed by atoms with Gasteiger partial charge in [-0.3, -0.25) is 0 Å². The summed E-state index contributed by atoms with van der Waals surface area (Å²) >= 11 is 7.02. The molecule has 0 spiro atoms. The van der Waals surface area contributed by atoms with E-state index < -0.39 is 0 Å². The molecule has 0 radical (unpaired) electrons. The second-order valence-corrected chi connectivity index (χ2v) is 7.52. The average molecular weight is 443 g/mol. The van der Waals surface area contributed by atoms with E-state index in [0.29, 0.717) is 0 Å². The molecule has 0 saturated carbocycles. The molecule has 1 aliphatic rings. The van der Waals surface area contributed by atoms with Gasteiger partial charge in [0.05, 0.1) is 17.3 Å². The molecule has 4 rings (SSSR count). The summed E-state index contributed by atoms with van der Waals surface area (Å²) in [4.78, 5) is 14.1. The molecular formula is C20H13Br2NO. The number of nitrogens with zero attached hydrogens (tertiary/aromatic N) is 1. The standard InChI is InChI=1S/C20H13Br2NO/c21-13-5-8-15(9-6-13)23-19-4-2-1-3-16(19)18(12-24)17-11-14(22)7-10-20(17)23/h1-12,18H. The van der Waals surface area contributed by atoms with E-state index in [2.05, 4.69) is 61.0 Å². The molecular weight excluding hydrogens is 430 g/mol. The van der Waals surface area contributed by atoms with Gasteiger partial charge in [0.1, 0.15) is 6.29 Å². The molecule has 0 bridgehead atoms. The SMILES string of the molecule is O=CC1c2ccccc2N(c2ccc(Br)cc2)c2ccc(Br)cc21. The van der Waals surface area contributed by atoms with E-state index in [1.807, 2.05) is 42.5 Å². The highest BCUT2D eigenvalue weighted by molar-refractivity contribution is 9.10. The van der Waals surface area contributed by atoms with Crippen LogP contribution in [0.15, 0.2) is 75.7 Å². The number of anilines is 3. The summed E-state index contributed by atoms with van der Waals surface area (Å²) in [7, 11) is 0. The van der Waals surface area contributed by atoms with Crippen molar-refractivity contribution in [3.05, 3.63) is 86.8 Å². The number of rotatable bonds is 2. The smallest absolute Gasteiger partial charge is 0.132 e. The second-order valence-electron chi connectivity index (χ2n) is 5.69. The molecule has 0 fully saturated rings. The molecule has 0 aromatic heterocycles. The maximum absolute atomic E-state index is 11.8. The van der Waals surface area contributed by atoms with E-state index in [9.17, 15) is 4.79 Å². The summed E-state index contributed by atoms with van der Waals surface area (Å²) in [6, 6.07) is 22.4. The van der Waals surface area contributed by atoms with Gasteiger partial charge in [-0.15, -0.1) is 0 Å². The summed E-state index contributed by atoms with van der Waals surface area (Å²) in [6.07, 6.45) is 1.03. The van der Waals surface area contributed by atoms with Crippen LogP contribution in [0.5, 0.6) is 0 Å². The normalized spacial score (nSPS) is 15.6. The van der Waals surface area contributed by atoms with Gasteiger partial charge in [-0.25, -0.2) is 0 Å². The molecule has 1 unspecified atom stereocenters. The lowest BCUT2D eigenvalue weighted by atomic mass is 9.85. The van der Waals surface area contributed by atoms with Crippen LogP contribution in [0.3, 0.4) is 0 Å². The molecule has 24 heavy (non-hydrogen) atoms. The molecule has 0 amide bonds. The quantitative estimate of drug-likeness (QED) is 0.432. The molecule has 0 saturated heterocycles. The van der Waals surface area contributed by atoms with Gasteiger partial charge in [-0.1, -0.05) is 50.1 Å². The Bertz CT molecular complexity index is 921. The molecule has 3 aromatic rings. The largest absolute Gasteiger partial charge is 0.310 e. The minimum atomic E-state index is -0.250. The highest BCUT2D eigenvalue weighted by Gasteiger charge is 2.30. The fourth-order valence-corrected chi connectivity index (χ4v) is 3.89. The van der Waals surface area contributed by atoms with Crippen molar-refractivity contribution in [2.75, 3.05) is 4.90 Å². The Hall–Kier alpha value is -1.91. The van der Waals surface area contributed by atoms with Crippen LogP contribution < -0.4 is 4.90 Å². The van der Waals surface area contributed by atoms with E-state index in [4.69, 9.17) is 0 Å². The maximum atomic E-state index is 11.8. The number of benzene rings is 3. The third kappa shape index (κ3) is 2.50. The number of para-hydroxylation sites is 1. The summed E-state index contributed by atoms with van der Waals surface area (Å²) in [6.45, 7) is 0. The number of hydrogen-bond donors (Lipinski definition) is 0. The van der Waals surface area contributed by atoms with Crippen LogP contribution in [0, 0.1) is 0 Å². The van der Waals surface area contributed by atoms with E-state index in [0.717, 1.165) is 43.4 Å². The van der Waals surface area contributed by atoms with Gasteiger partial charge in [0.25, 0.3) is 0 Å². The van der Waals surface area contributed by atoms with Crippen molar-refractivity contribution in [1.29, 1.82) is 0 Å². The fourth-order valence-electron chi connectivity index (χ4n) is 3.24. The van der Waals surface area contributed by atoms with Crippen molar-refractivity contribution in [1.82, 2.24) is 0 Å². The van der Waals surface area contributed by atoms with Gasteiger partial charge in [0.2, 0.25) is 0 Å². The lowest BCUT2D eigenvalue weighted by Crippen LogP contribution is -2.22. The van der Waals surface area contributed by atoms with Crippen molar-refractivity contribution in [3.63, 3.8) is 0 Å². The van der Waals surface area contributed by atoms with E-state index in [1.54, 1.807) is 0 Å². The van der Waals surface area contributed by atoms with E-state index >= 15 is 0 Å². The Morgan fingerprint density at radius 1 is 0.792 bits per heavy atom. The van der Waals surface area contributed by atoms with Crippen LogP contribution in [-0.2, 0) is 4.79 Å². The van der Waals surface area contributed by atoms with Crippen LogP contribution in [0.2, 0.25) is 0 Å². The number of aldehydes is 1. The van der Waals surface area contributed by atoms with E-state index in [-0.39, 0.29) is 5.92 Å². The average Bonchev–Trinajstić information content (AvgIpc) is 2.60. The van der Waals surface area contributed by atoms with Crippen molar-refractivity contribution in [2.24, 2.45) is 0 Å². The molecule has 3 aromatic carbocycles. The van der Waals surface area contributed by atoms with Crippen molar-refractivity contribution in [3.8, 4) is 0 Å². The highest BCUT2D eigenvalue weighted by atomic mass is 79.9. The summed E-state index contributed by atoms with van der Waals surface area (Å²) in [5.74, 6) is -0.250. The Kier molecular flexibility index (Phi) is 4.02. The van der Waals surface area contributed by atoms with Gasteiger partial charge in [-0.05, 0) is 59.7 Å². The molecule has 1 heterocycles. The Morgan fingerprint density at radius 3 is 2.21 bits per heavy atom. The molecule has 2 nitrogen and oxygen atoms in total. The van der Waals surface area contributed by atoms with Crippen LogP contribution in [0.1, 0.15) is 17.0 Å². The number of carbonyl (C=O) groups is 1. The number of carbonyl (C=O) groups excluding carboxylic acids is 1. The topological polar surface area (TPSA) is 20.3 Å². The van der Waals surface area contributed by atoms with Gasteiger partial charge in [0.15, 0.2) is 0 Å². The predicted molar refractivity (Wildman–Crippen MR) is 104 cm³/mol. The molecule has 4 heteroatoms. The predicted octanol–water partition coefficient (Wildman–Crippen LogP) is 6.33. The van der Waals surface area contributed by atoms with E-state index in [1.165, 1.54) is 0 Å². The van der Waals surface area contributed by atoms with Crippen LogP contribution in [-0.4, -0.2) is 6.29 Å². The minimum Gasteiger partial charge on any atom is -0.310 e. The zero-order valence-electron chi connectivity index (χ0n) is 12.6. The highest BCUT2D eigenvalue weighted by Crippen LogP contribution is 2.48. The molecule has 1 aliphatic heterocycles. The van der Waals surface area contributed by atoms with Crippen LogP contribution in [0.25, 0.3) is 0 Å². The first kappa shape index (κ1) is 15.6. The third-order valence-corrected chi connectivity index (χ3v) is 5.32. The van der Waals surface area contributed by atoms with Gasteiger partial charge >= 0.3 is 0 Å². The Morgan fingerprint density at radius 2 is 1.46 bits per heavy atom. The summed E-state index contributed by atoms with van der Waals surface area (Å²) < 4.78 is 2.02. The first-order chi connectivity index (χ1) is 11.7. The molecule has 0 N–H and O–H groups in total. The first-order valence-electron chi connectivity index (χ1n) is 7.58. The van der Waals surface area contributed by atoms with Crippen LogP contribution >= 0.6 is 31.9 Å². The van der Waals surface area contributed by atoms with Crippen molar-refractivity contribution < 1.29 is 4.79 Å². The zero-order valence-corrected chi connectivity index (χ0v) is 15.8. The van der Waals surface area contributed by atoms with Gasteiger partial charge in [-0.2, -0.15) is 0 Å². The minimum absolute atomic E-state index is 0.250. The summed E-state index contributed by atoms with van der Waals surface area (Å²) in [5.41, 5.74) is 5.20. The molecule has 0 aliphatic carbocycles. The third-order valence-electron chi connectivity index (χ3n) is 4.30. The van der Waals surface area contributed by atoms with Crippen LogP contribution in [0.4, 0.5) is 17.1 Å². The van der Waals surface area contributed by atoms with Gasteiger partial charge in [0, 0.05) is 14.6 Å². The Labute approximate surface area is 157 Å². The maximum Gasteiger partial charge on any atom is 0.132 e. The monoisotopic (exact) mass is 441 g/mol. The first-order valence-corrected chi connectivity index (χ1v) is 9.17. The lowest BCUT2D eigenvalue weighted by Gasteiger charge is -2.36. The molecule has 1 atom stereocenters. The Balaban J connectivity index is 2.01. The fraction of sp³-hybridized carbons (Fsp3) is 0.0500. The lowest BCUT2D eigenvalue weighted by molar-refractivity contribution is -0.108. The number of fused-ring (bicyclic) bond motifs is 2. The number of hydrogen-bond acceptors (Lipinski definition) is 2. The van der Waals surface area contributed by atoms with Gasteiger partial charge < -0.3 is 9.69 Å².